The second-order valence-electron chi connectivity index (χ2n) is 5.60. The molecule has 0 aliphatic heterocycles. The van der Waals surface area contributed by atoms with E-state index in [4.69, 9.17) is 10.00 Å². The molecular weight excluding hydrogens is 342 g/mol. The number of nitrogens with zero attached hydrogens (tertiary/aromatic N) is 3. The summed E-state index contributed by atoms with van der Waals surface area (Å²) in [6.07, 6.45) is 1.31. The van der Waals surface area contributed by atoms with Crippen LogP contribution in [0.1, 0.15) is 21.6 Å². The summed E-state index contributed by atoms with van der Waals surface area (Å²) in [6, 6.07) is 18.1. The lowest BCUT2D eigenvalue weighted by molar-refractivity contribution is 0.0945. The molecule has 1 heterocycles. The van der Waals surface area contributed by atoms with Crippen LogP contribution in [0.4, 0.5) is 11.5 Å². The number of hydrogen-bond donors (Lipinski definition) is 2. The number of anilines is 2. The summed E-state index contributed by atoms with van der Waals surface area (Å²) in [5.41, 5.74) is 2.34. The number of amides is 1. The van der Waals surface area contributed by atoms with Crippen molar-refractivity contribution in [3.8, 4) is 11.8 Å². The minimum atomic E-state index is -0.322. The van der Waals surface area contributed by atoms with Gasteiger partial charge in [-0.15, -0.1) is 0 Å². The molecule has 0 saturated heterocycles. The molecule has 7 nitrogen and oxygen atoms in total. The van der Waals surface area contributed by atoms with E-state index in [0.717, 1.165) is 5.56 Å². The van der Waals surface area contributed by atoms with Crippen molar-refractivity contribution < 1.29 is 9.53 Å². The molecule has 0 aliphatic rings. The summed E-state index contributed by atoms with van der Waals surface area (Å²) >= 11 is 0. The molecule has 27 heavy (non-hydrogen) atoms. The summed E-state index contributed by atoms with van der Waals surface area (Å²) in [7, 11) is 1.59. The molecule has 3 rings (SSSR count). The van der Waals surface area contributed by atoms with Crippen LogP contribution in [0.2, 0.25) is 0 Å². The van der Waals surface area contributed by atoms with Crippen LogP contribution in [0.15, 0.2) is 60.9 Å². The molecule has 0 aliphatic carbocycles. The van der Waals surface area contributed by atoms with Gasteiger partial charge in [-0.2, -0.15) is 5.26 Å². The van der Waals surface area contributed by atoms with Gasteiger partial charge in [0, 0.05) is 23.9 Å². The second-order valence-corrected chi connectivity index (χ2v) is 5.60. The Balaban J connectivity index is 1.69. The predicted molar refractivity (Wildman–Crippen MR) is 101 cm³/mol. The van der Waals surface area contributed by atoms with Crippen molar-refractivity contribution in [3.05, 3.63) is 77.7 Å². The summed E-state index contributed by atoms with van der Waals surface area (Å²) in [6.45, 7) is 0.319. The van der Waals surface area contributed by atoms with E-state index in [1.807, 2.05) is 30.3 Å². The maximum Gasteiger partial charge on any atom is 0.270 e. The molecule has 0 unspecified atom stereocenters. The highest BCUT2D eigenvalue weighted by Crippen LogP contribution is 2.18. The van der Waals surface area contributed by atoms with Gasteiger partial charge in [-0.05, 0) is 24.3 Å². The number of hydrogen-bond acceptors (Lipinski definition) is 6. The molecule has 0 atom stereocenters. The van der Waals surface area contributed by atoms with E-state index in [1.54, 1.807) is 31.4 Å². The van der Waals surface area contributed by atoms with Gasteiger partial charge < -0.3 is 15.4 Å². The molecule has 1 amide bonds. The van der Waals surface area contributed by atoms with Crippen molar-refractivity contribution >= 4 is 17.4 Å². The zero-order chi connectivity index (χ0) is 19.1. The summed E-state index contributed by atoms with van der Waals surface area (Å²) in [5, 5.41) is 14.9. The number of nitriles is 1. The number of aromatic nitrogens is 2. The van der Waals surface area contributed by atoms with E-state index < -0.39 is 0 Å². The van der Waals surface area contributed by atoms with Crippen LogP contribution in [0.25, 0.3) is 0 Å². The summed E-state index contributed by atoms with van der Waals surface area (Å²) < 4.78 is 5.28. The minimum Gasteiger partial charge on any atom is -0.496 e. The number of carbonyl (C=O) groups excluding carboxylic acids is 1. The first-order chi connectivity index (χ1) is 13.2. The molecule has 0 fully saturated rings. The van der Waals surface area contributed by atoms with Gasteiger partial charge in [-0.1, -0.05) is 24.3 Å². The number of rotatable bonds is 6. The van der Waals surface area contributed by atoms with E-state index in [2.05, 4.69) is 26.7 Å². The van der Waals surface area contributed by atoms with Crippen LogP contribution >= 0.6 is 0 Å². The van der Waals surface area contributed by atoms with Crippen LogP contribution < -0.4 is 15.4 Å². The van der Waals surface area contributed by atoms with Gasteiger partial charge in [0.05, 0.1) is 18.7 Å². The van der Waals surface area contributed by atoms with Crippen molar-refractivity contribution in [2.45, 2.75) is 6.54 Å². The summed E-state index contributed by atoms with van der Waals surface area (Å²) in [4.78, 5) is 20.5. The fourth-order valence-electron chi connectivity index (χ4n) is 2.48. The number of methoxy groups -OCH3 is 1. The van der Waals surface area contributed by atoms with Gasteiger partial charge in [0.15, 0.2) is 0 Å². The first-order valence-electron chi connectivity index (χ1n) is 8.19. The lowest BCUT2D eigenvalue weighted by Gasteiger charge is -2.10. The van der Waals surface area contributed by atoms with E-state index in [0.29, 0.717) is 29.4 Å². The third kappa shape index (κ3) is 4.58. The quantitative estimate of drug-likeness (QED) is 0.702. The number of nitrogens with one attached hydrogen (secondary N) is 2. The van der Waals surface area contributed by atoms with Gasteiger partial charge in [0.25, 0.3) is 5.91 Å². The fourth-order valence-corrected chi connectivity index (χ4v) is 2.48. The van der Waals surface area contributed by atoms with E-state index >= 15 is 0 Å². The Labute approximate surface area is 156 Å². The molecule has 2 aromatic carbocycles. The topological polar surface area (TPSA) is 99.9 Å². The predicted octanol–water partition coefficient (Wildman–Crippen LogP) is 3.03. The molecular formula is C20H17N5O2. The lowest BCUT2D eigenvalue weighted by Crippen LogP contribution is -2.24. The van der Waals surface area contributed by atoms with Gasteiger partial charge in [-0.3, -0.25) is 4.79 Å². The number of ether oxygens (including phenoxy) is 1. The molecule has 134 valence electrons. The third-order valence-electron chi connectivity index (χ3n) is 3.80. The van der Waals surface area contributed by atoms with Crippen LogP contribution in [-0.4, -0.2) is 23.0 Å². The third-order valence-corrected chi connectivity index (χ3v) is 3.80. The molecule has 1 aromatic heterocycles. The van der Waals surface area contributed by atoms with Crippen LogP contribution in [-0.2, 0) is 6.54 Å². The van der Waals surface area contributed by atoms with Crippen LogP contribution in [0, 0.1) is 11.3 Å². The number of benzene rings is 2. The Bertz CT molecular complexity index is 997. The average Bonchev–Trinajstić information content (AvgIpc) is 2.72. The van der Waals surface area contributed by atoms with Crippen LogP contribution in [0.5, 0.6) is 5.75 Å². The Morgan fingerprint density at radius 3 is 2.81 bits per heavy atom. The zero-order valence-corrected chi connectivity index (χ0v) is 14.6. The van der Waals surface area contributed by atoms with Crippen molar-refractivity contribution in [1.29, 1.82) is 5.26 Å². The normalized spacial score (nSPS) is 9.93. The second kappa shape index (κ2) is 8.45. The average molecular weight is 359 g/mol. The molecule has 0 saturated carbocycles. The Morgan fingerprint density at radius 2 is 2.00 bits per heavy atom. The minimum absolute atomic E-state index is 0.235. The Morgan fingerprint density at radius 1 is 1.15 bits per heavy atom. The fraction of sp³-hybridized carbons (Fsp3) is 0.100. The molecule has 2 N–H and O–H groups in total. The summed E-state index contributed by atoms with van der Waals surface area (Å²) in [5.74, 6) is 0.847. The molecule has 0 bridgehead atoms. The maximum atomic E-state index is 12.4. The molecule has 0 spiro atoms. The standard InChI is InChI=1S/C20H17N5O2/c1-27-18-8-3-2-6-15(18)12-22-20(26)17-10-19(24-13-23-17)25-16-7-4-5-14(9-16)11-21/h2-10,13H,12H2,1H3,(H,22,26)(H,23,24,25). The molecule has 0 radical (unpaired) electrons. The van der Waals surface area contributed by atoms with Crippen molar-refractivity contribution in [1.82, 2.24) is 15.3 Å². The highest BCUT2D eigenvalue weighted by atomic mass is 16.5. The van der Waals surface area contributed by atoms with Crippen molar-refractivity contribution in [3.63, 3.8) is 0 Å². The maximum absolute atomic E-state index is 12.4. The zero-order valence-electron chi connectivity index (χ0n) is 14.6. The highest BCUT2D eigenvalue weighted by molar-refractivity contribution is 5.93. The van der Waals surface area contributed by atoms with E-state index in [9.17, 15) is 4.79 Å². The molecule has 7 heteroatoms. The monoisotopic (exact) mass is 359 g/mol. The van der Waals surface area contributed by atoms with E-state index in [1.165, 1.54) is 6.33 Å². The van der Waals surface area contributed by atoms with Gasteiger partial charge >= 0.3 is 0 Å². The number of para-hydroxylation sites is 1. The largest absolute Gasteiger partial charge is 0.496 e. The van der Waals surface area contributed by atoms with E-state index in [-0.39, 0.29) is 11.6 Å². The SMILES string of the molecule is COc1ccccc1CNC(=O)c1cc(Nc2cccc(C#N)c2)ncn1. The Hall–Kier alpha value is -3.92. The smallest absolute Gasteiger partial charge is 0.270 e. The van der Waals surface area contributed by atoms with Gasteiger partial charge in [0.1, 0.15) is 23.6 Å². The lowest BCUT2D eigenvalue weighted by atomic mass is 10.2. The first kappa shape index (κ1) is 17.9. The van der Waals surface area contributed by atoms with Crippen molar-refractivity contribution in [2.75, 3.05) is 12.4 Å². The Kier molecular flexibility index (Phi) is 5.60. The van der Waals surface area contributed by atoms with Gasteiger partial charge in [0.2, 0.25) is 0 Å². The first-order valence-corrected chi connectivity index (χ1v) is 8.19. The number of carbonyl (C=O) groups is 1. The van der Waals surface area contributed by atoms with Crippen molar-refractivity contribution in [2.24, 2.45) is 0 Å². The van der Waals surface area contributed by atoms with Gasteiger partial charge in [-0.25, -0.2) is 9.97 Å². The highest BCUT2D eigenvalue weighted by Gasteiger charge is 2.10. The van der Waals surface area contributed by atoms with Crippen LogP contribution in [0.3, 0.4) is 0 Å². The molecule has 3 aromatic rings.